The average Bonchev–Trinajstić information content (AvgIpc) is 3.72. The molecule has 0 bridgehead atoms. The van der Waals surface area contributed by atoms with Gasteiger partial charge in [-0.25, -0.2) is 0 Å². The molecule has 2 aromatic rings. The Bertz CT molecular complexity index is 1780. The van der Waals surface area contributed by atoms with Crippen molar-refractivity contribution in [2.75, 3.05) is 16.3 Å². The van der Waals surface area contributed by atoms with Crippen molar-refractivity contribution in [3.05, 3.63) is 185 Å². The van der Waals surface area contributed by atoms with Gasteiger partial charge in [-0.2, -0.15) is 0 Å². The summed E-state index contributed by atoms with van der Waals surface area (Å²) in [5, 5.41) is 3.77. The molecule has 2 aliphatic carbocycles. The Kier molecular flexibility index (Phi) is 10.1. The highest BCUT2D eigenvalue weighted by Gasteiger charge is 2.33. The van der Waals surface area contributed by atoms with Crippen LogP contribution in [0.4, 0.5) is 11.4 Å². The molecule has 46 heavy (non-hydrogen) atoms. The number of nitrogens with one attached hydrogen (secondary N) is 1. The van der Waals surface area contributed by atoms with E-state index in [1.807, 2.05) is 18.2 Å². The van der Waals surface area contributed by atoms with Gasteiger partial charge in [-0.15, -0.1) is 0 Å². The maximum Gasteiger partial charge on any atom is 0.0527 e. The van der Waals surface area contributed by atoms with Gasteiger partial charge in [-0.05, 0) is 73.6 Å². The van der Waals surface area contributed by atoms with Crippen LogP contribution >= 0.6 is 0 Å². The van der Waals surface area contributed by atoms with Crippen molar-refractivity contribution < 1.29 is 0 Å². The normalized spacial score (nSPS) is 19.5. The fourth-order valence-electron chi connectivity index (χ4n) is 6.44. The maximum absolute atomic E-state index is 4.86. The Labute approximate surface area is 276 Å². The summed E-state index contributed by atoms with van der Waals surface area (Å²) in [6.07, 6.45) is 24.2. The minimum absolute atomic E-state index is 0.0163. The highest BCUT2D eigenvalue weighted by molar-refractivity contribution is 5.75. The van der Waals surface area contributed by atoms with Crippen LogP contribution in [0.1, 0.15) is 49.8 Å². The summed E-state index contributed by atoms with van der Waals surface area (Å²) in [6, 6.07) is 15.0. The van der Waals surface area contributed by atoms with Crippen molar-refractivity contribution in [2.45, 2.75) is 47.0 Å². The third kappa shape index (κ3) is 6.37. The summed E-state index contributed by atoms with van der Waals surface area (Å²) in [5.41, 5.74) is 15.2. The smallest absolute Gasteiger partial charge is 0.0527 e. The molecular weight excluding hydrogens is 558 g/mol. The van der Waals surface area contributed by atoms with Gasteiger partial charge in [0.1, 0.15) is 0 Å². The Morgan fingerprint density at radius 1 is 0.957 bits per heavy atom. The van der Waals surface area contributed by atoms with E-state index in [9.17, 15) is 0 Å². The van der Waals surface area contributed by atoms with Crippen molar-refractivity contribution in [2.24, 2.45) is 5.92 Å². The summed E-state index contributed by atoms with van der Waals surface area (Å²) in [6.45, 7) is 26.6. The van der Waals surface area contributed by atoms with Gasteiger partial charge in [0.15, 0.2) is 0 Å². The molecule has 0 fully saturated rings. The van der Waals surface area contributed by atoms with E-state index in [-0.39, 0.29) is 5.92 Å². The number of aryl methyl sites for hydroxylation is 1. The van der Waals surface area contributed by atoms with E-state index in [1.165, 1.54) is 33.8 Å². The van der Waals surface area contributed by atoms with Crippen molar-refractivity contribution in [3.63, 3.8) is 0 Å². The van der Waals surface area contributed by atoms with Gasteiger partial charge in [0, 0.05) is 59.1 Å². The average molecular weight is 606 g/mol. The fraction of sp³-hybridized carbons (Fsp3) is 0.209. The molecule has 0 aromatic heterocycles. The summed E-state index contributed by atoms with van der Waals surface area (Å²) in [7, 11) is 0. The molecule has 0 radical (unpaired) electrons. The molecule has 3 nitrogen and oxygen atoms in total. The quantitative estimate of drug-likeness (QED) is 0.272. The van der Waals surface area contributed by atoms with Crippen molar-refractivity contribution in [1.29, 1.82) is 0 Å². The van der Waals surface area contributed by atoms with Gasteiger partial charge in [-0.3, -0.25) is 0 Å². The molecule has 234 valence electrons. The third-order valence-corrected chi connectivity index (χ3v) is 9.29. The first-order valence-electron chi connectivity index (χ1n) is 16.2. The van der Waals surface area contributed by atoms with Crippen LogP contribution in [0.25, 0.3) is 6.08 Å². The monoisotopic (exact) mass is 605 g/mol. The van der Waals surface area contributed by atoms with Gasteiger partial charge in [0.05, 0.1) is 5.69 Å². The molecule has 0 amide bonds. The lowest BCUT2D eigenvalue weighted by molar-refractivity contribution is 0.760. The first-order chi connectivity index (χ1) is 22.3. The van der Waals surface area contributed by atoms with Crippen molar-refractivity contribution >= 4 is 17.5 Å². The highest BCUT2D eigenvalue weighted by atomic mass is 15.2. The van der Waals surface area contributed by atoms with Crippen molar-refractivity contribution in [3.8, 4) is 0 Å². The minimum atomic E-state index is 0.0163. The topological polar surface area (TPSA) is 18.5 Å². The summed E-state index contributed by atoms with van der Waals surface area (Å²) in [5.74, 6) is 0.0163. The molecule has 1 atom stereocenters. The second-order valence-electron chi connectivity index (χ2n) is 12.1. The van der Waals surface area contributed by atoms with Gasteiger partial charge >= 0.3 is 0 Å². The van der Waals surface area contributed by atoms with E-state index in [0.29, 0.717) is 0 Å². The Morgan fingerprint density at radius 3 is 2.50 bits per heavy atom. The maximum atomic E-state index is 4.86. The van der Waals surface area contributed by atoms with Crippen LogP contribution in [0.3, 0.4) is 0 Å². The molecule has 5 rings (SSSR count). The minimum Gasteiger partial charge on any atom is -0.384 e. The second-order valence-corrected chi connectivity index (χ2v) is 12.1. The SMILES string of the molecule is C=CC1=CCC=C1N(/C1=C/CC=CN(c2ccccc2C=C)C2=CCC(NC/C=C(\C)C=C)=C2C(C)C1=C)c1cccc(C)c1C. The molecule has 1 aliphatic heterocycles. The number of anilines is 2. The molecule has 0 saturated heterocycles. The zero-order valence-corrected chi connectivity index (χ0v) is 27.9. The van der Waals surface area contributed by atoms with Crippen molar-refractivity contribution in [1.82, 2.24) is 5.32 Å². The van der Waals surface area contributed by atoms with Crippen LogP contribution < -0.4 is 15.1 Å². The molecule has 1 unspecified atom stereocenters. The largest absolute Gasteiger partial charge is 0.384 e. The first kappa shape index (κ1) is 32.4. The zero-order chi connectivity index (χ0) is 32.8. The predicted molar refractivity (Wildman–Crippen MR) is 200 cm³/mol. The van der Waals surface area contributed by atoms with Crippen LogP contribution in [0.2, 0.25) is 0 Å². The molecule has 0 saturated carbocycles. The lowest BCUT2D eigenvalue weighted by atomic mass is 9.87. The fourth-order valence-corrected chi connectivity index (χ4v) is 6.44. The number of hydrogen-bond acceptors (Lipinski definition) is 3. The van der Waals surface area contributed by atoms with Crippen LogP contribution in [-0.2, 0) is 0 Å². The first-order valence-corrected chi connectivity index (χ1v) is 16.2. The number of fused-ring (bicyclic) bond motifs is 1. The van der Waals surface area contributed by atoms with E-state index < -0.39 is 0 Å². The Hall–Kier alpha value is -5.02. The molecule has 2 aromatic carbocycles. The van der Waals surface area contributed by atoms with Gasteiger partial charge < -0.3 is 15.1 Å². The van der Waals surface area contributed by atoms with Gasteiger partial charge in [0.25, 0.3) is 0 Å². The third-order valence-electron chi connectivity index (χ3n) is 9.29. The molecule has 0 spiro atoms. The second kappa shape index (κ2) is 14.4. The van der Waals surface area contributed by atoms with E-state index in [0.717, 1.165) is 65.2 Å². The molecule has 3 aliphatic rings. The van der Waals surface area contributed by atoms with Crippen LogP contribution in [-0.4, -0.2) is 6.54 Å². The zero-order valence-electron chi connectivity index (χ0n) is 27.9. The summed E-state index contributed by atoms with van der Waals surface area (Å²) >= 11 is 0. The number of benzene rings is 2. The van der Waals surface area contributed by atoms with Crippen LogP contribution in [0, 0.1) is 19.8 Å². The number of rotatable bonds is 10. The van der Waals surface area contributed by atoms with E-state index in [4.69, 9.17) is 6.58 Å². The summed E-state index contributed by atoms with van der Waals surface area (Å²) < 4.78 is 0. The Morgan fingerprint density at radius 2 is 1.74 bits per heavy atom. The van der Waals surface area contributed by atoms with E-state index in [1.54, 1.807) is 0 Å². The lowest BCUT2D eigenvalue weighted by Gasteiger charge is -2.36. The number of hydrogen-bond donors (Lipinski definition) is 1. The van der Waals surface area contributed by atoms with Gasteiger partial charge in [-0.1, -0.05) is 124 Å². The number of allylic oxidation sites excluding steroid dienone is 10. The highest BCUT2D eigenvalue weighted by Crippen LogP contribution is 2.44. The molecule has 1 heterocycles. The lowest BCUT2D eigenvalue weighted by Crippen LogP contribution is -2.29. The molecular formula is C43H47N3. The van der Waals surface area contributed by atoms with Crippen LogP contribution in [0.15, 0.2) is 169 Å². The number of para-hydroxylation sites is 1. The molecule has 1 N–H and O–H groups in total. The standard InChI is InChI=1S/C43H47N3/c1-9-30(4)27-28-44-37-25-26-42-43(37)34(8)33(7)39(21-14-15-29-45(42)40-22-13-12-19-35(40)10-2)46(41-24-17-20-36(41)11-3)38-23-16-18-31(5)32(38)6/h9-13,15-16,18-24,26-27,29,34,44H,1-3,7,14,17,25,28H2,4-6,8H3/b29-15?,30-27+,39-21+. The van der Waals surface area contributed by atoms with E-state index >= 15 is 0 Å². The molecule has 3 heteroatoms. The summed E-state index contributed by atoms with van der Waals surface area (Å²) in [4.78, 5) is 4.75. The Balaban J connectivity index is 1.70. The van der Waals surface area contributed by atoms with Crippen LogP contribution in [0.5, 0.6) is 0 Å². The number of nitrogens with zero attached hydrogens (tertiary/aromatic N) is 2. The predicted octanol–water partition coefficient (Wildman–Crippen LogP) is 10.9. The van der Waals surface area contributed by atoms with E-state index in [2.05, 4.69) is 148 Å². The van der Waals surface area contributed by atoms with Gasteiger partial charge in [0.2, 0.25) is 0 Å².